The zero-order chi connectivity index (χ0) is 24.6. The van der Waals surface area contributed by atoms with E-state index < -0.39 is 23.4 Å². The normalized spacial score (nSPS) is 12.2. The molecule has 1 atom stereocenters. The molecule has 0 aliphatic heterocycles. The van der Waals surface area contributed by atoms with Gasteiger partial charge in [0, 0.05) is 12.4 Å². The third kappa shape index (κ3) is 4.43. The number of nitrogens with zero attached hydrogens (tertiary/aromatic N) is 8. The fourth-order valence-electron chi connectivity index (χ4n) is 3.33. The van der Waals surface area contributed by atoms with Crippen molar-refractivity contribution < 1.29 is 18.8 Å². The van der Waals surface area contributed by atoms with Gasteiger partial charge in [-0.15, -0.1) is 5.10 Å². The lowest BCUT2D eigenvalue weighted by Gasteiger charge is -2.10. The molecule has 0 radical (unpaired) electrons. The molecular weight excluding hydrogens is 494 g/mol. The highest BCUT2D eigenvalue weighted by Gasteiger charge is 2.29. The smallest absolute Gasteiger partial charge is 0.353 e. The van der Waals surface area contributed by atoms with Crippen molar-refractivity contribution in [3.63, 3.8) is 0 Å². The second-order valence-electron chi connectivity index (χ2n) is 7.13. The van der Waals surface area contributed by atoms with Gasteiger partial charge >= 0.3 is 11.6 Å². The Kier molecular flexibility index (Phi) is 6.48. The molecule has 0 spiro atoms. The van der Waals surface area contributed by atoms with Crippen LogP contribution < -0.4 is 9.47 Å². The average molecular weight is 511 g/mol. The topological polar surface area (TPSA) is 136 Å². The van der Waals surface area contributed by atoms with Gasteiger partial charge in [-0.25, -0.2) is 19.0 Å². The summed E-state index contributed by atoms with van der Waals surface area (Å²) in [5.74, 6) is 0.259. The monoisotopic (exact) mass is 510 g/mol. The van der Waals surface area contributed by atoms with E-state index in [1.165, 1.54) is 41.9 Å². The maximum absolute atomic E-state index is 14.8. The van der Waals surface area contributed by atoms with Crippen LogP contribution in [-0.2, 0) is 6.54 Å². The second kappa shape index (κ2) is 9.35. The SMILES string of the molecule is COc1nc(C)ncc1-n1nc(OC[C@H](F)Cn2cc(Cl)c3cnc(Cl)nc32)c([N+](=O)[O-])c1C. The number of halogens is 3. The predicted molar refractivity (Wildman–Crippen MR) is 120 cm³/mol. The van der Waals surface area contributed by atoms with Crippen molar-refractivity contribution in [2.75, 3.05) is 13.7 Å². The highest BCUT2D eigenvalue weighted by atomic mass is 35.5. The van der Waals surface area contributed by atoms with E-state index in [2.05, 4.69) is 25.0 Å². The van der Waals surface area contributed by atoms with Crippen molar-refractivity contribution in [1.82, 2.24) is 34.3 Å². The number of rotatable bonds is 8. The maximum atomic E-state index is 14.8. The first-order valence-electron chi connectivity index (χ1n) is 9.75. The third-order valence-electron chi connectivity index (χ3n) is 4.85. The van der Waals surface area contributed by atoms with Crippen LogP contribution in [0.4, 0.5) is 10.1 Å². The Balaban J connectivity index is 1.58. The summed E-state index contributed by atoms with van der Waals surface area (Å²) in [6, 6.07) is 0. The van der Waals surface area contributed by atoms with Crippen LogP contribution in [0, 0.1) is 24.0 Å². The van der Waals surface area contributed by atoms with E-state index in [1.54, 1.807) is 6.92 Å². The summed E-state index contributed by atoms with van der Waals surface area (Å²) in [6.07, 6.45) is 2.77. The molecule has 0 aliphatic rings. The first-order chi connectivity index (χ1) is 16.2. The number of nitro groups is 1. The van der Waals surface area contributed by atoms with Gasteiger partial charge in [0.1, 0.15) is 29.5 Å². The number of ether oxygens (including phenoxy) is 2. The van der Waals surface area contributed by atoms with E-state index in [1.807, 2.05) is 0 Å². The molecule has 0 aromatic carbocycles. The number of aryl methyl sites for hydroxylation is 1. The minimum absolute atomic E-state index is 0.0117. The molecular formula is C19H17Cl2FN8O4. The summed E-state index contributed by atoms with van der Waals surface area (Å²) < 4.78 is 28.2. The standard InChI is InChI=1S/C19H17Cl2FN8O4/c1-9-15(30(31)32)18(27-29(9)14-5-23-10(2)25-17(14)33-3)34-8-11(22)6-28-7-13(20)12-4-24-19(21)26-16(12)28/h4-5,7,11H,6,8H2,1-3H3/t11-/m1/s1. The van der Waals surface area contributed by atoms with Crippen LogP contribution in [0.5, 0.6) is 11.8 Å². The summed E-state index contributed by atoms with van der Waals surface area (Å²) in [6.45, 7) is 2.43. The Morgan fingerprint density at radius 2 is 1.97 bits per heavy atom. The zero-order valence-corrected chi connectivity index (χ0v) is 19.6. The molecule has 0 N–H and O–H groups in total. The molecule has 0 bridgehead atoms. The van der Waals surface area contributed by atoms with Crippen molar-refractivity contribution in [2.24, 2.45) is 0 Å². The summed E-state index contributed by atoms with van der Waals surface area (Å²) in [5, 5.41) is 16.7. The lowest BCUT2D eigenvalue weighted by Crippen LogP contribution is -2.20. The number of methoxy groups -OCH3 is 1. The summed E-state index contributed by atoms with van der Waals surface area (Å²) in [7, 11) is 1.40. The largest absolute Gasteiger partial charge is 0.479 e. The Morgan fingerprint density at radius 3 is 2.68 bits per heavy atom. The molecule has 0 fully saturated rings. The lowest BCUT2D eigenvalue weighted by atomic mass is 10.3. The molecule has 0 amide bonds. The summed E-state index contributed by atoms with van der Waals surface area (Å²) in [4.78, 5) is 27.2. The number of fused-ring (bicyclic) bond motifs is 1. The average Bonchev–Trinajstić information content (AvgIpc) is 3.28. The molecule has 4 aromatic rings. The number of hydrogen-bond acceptors (Lipinski definition) is 9. The third-order valence-corrected chi connectivity index (χ3v) is 5.33. The highest BCUT2D eigenvalue weighted by molar-refractivity contribution is 6.35. The van der Waals surface area contributed by atoms with Gasteiger partial charge in [0.15, 0.2) is 6.17 Å². The van der Waals surface area contributed by atoms with Crippen molar-refractivity contribution >= 4 is 39.9 Å². The number of alkyl halides is 1. The first kappa shape index (κ1) is 23.6. The van der Waals surface area contributed by atoms with Gasteiger partial charge in [0.2, 0.25) is 11.2 Å². The molecule has 4 aromatic heterocycles. The van der Waals surface area contributed by atoms with Crippen LogP contribution in [0.15, 0.2) is 18.6 Å². The lowest BCUT2D eigenvalue weighted by molar-refractivity contribution is -0.386. The molecule has 0 aliphatic carbocycles. The van der Waals surface area contributed by atoms with E-state index in [0.29, 0.717) is 21.9 Å². The summed E-state index contributed by atoms with van der Waals surface area (Å²) in [5.41, 5.74) is 0.343. The van der Waals surface area contributed by atoms with Gasteiger partial charge in [0.05, 0.1) is 35.2 Å². The van der Waals surface area contributed by atoms with Crippen LogP contribution in [0.1, 0.15) is 11.5 Å². The van der Waals surface area contributed by atoms with E-state index >= 15 is 0 Å². The molecule has 0 saturated carbocycles. The second-order valence-corrected chi connectivity index (χ2v) is 7.88. The van der Waals surface area contributed by atoms with Crippen LogP contribution >= 0.6 is 23.2 Å². The highest BCUT2D eigenvalue weighted by Crippen LogP contribution is 2.33. The van der Waals surface area contributed by atoms with E-state index in [0.717, 1.165) is 0 Å². The molecule has 12 nitrogen and oxygen atoms in total. The van der Waals surface area contributed by atoms with Crippen LogP contribution in [0.25, 0.3) is 16.7 Å². The van der Waals surface area contributed by atoms with E-state index in [9.17, 15) is 14.5 Å². The first-order valence-corrected chi connectivity index (χ1v) is 10.5. The Labute approximate surface area is 201 Å². The van der Waals surface area contributed by atoms with E-state index in [4.69, 9.17) is 32.7 Å². The maximum Gasteiger partial charge on any atom is 0.353 e. The Bertz CT molecular complexity index is 1390. The quantitative estimate of drug-likeness (QED) is 0.197. The van der Waals surface area contributed by atoms with Gasteiger partial charge in [-0.2, -0.15) is 9.97 Å². The predicted octanol–water partition coefficient (Wildman–Crippen LogP) is 3.66. The van der Waals surface area contributed by atoms with Crippen LogP contribution in [-0.4, -0.2) is 59.1 Å². The van der Waals surface area contributed by atoms with Crippen molar-refractivity contribution in [3.8, 4) is 17.4 Å². The van der Waals surface area contributed by atoms with Gasteiger partial charge < -0.3 is 14.0 Å². The number of hydrogen-bond donors (Lipinski definition) is 0. The summed E-state index contributed by atoms with van der Waals surface area (Å²) >= 11 is 12.0. The van der Waals surface area contributed by atoms with Gasteiger partial charge in [-0.05, 0) is 25.4 Å². The molecule has 178 valence electrons. The van der Waals surface area contributed by atoms with E-state index in [-0.39, 0.29) is 35.0 Å². The Morgan fingerprint density at radius 1 is 1.21 bits per heavy atom. The Hall–Kier alpha value is -3.58. The van der Waals surface area contributed by atoms with Gasteiger partial charge in [-0.1, -0.05) is 11.6 Å². The van der Waals surface area contributed by atoms with Crippen molar-refractivity contribution in [2.45, 2.75) is 26.6 Å². The fourth-order valence-corrected chi connectivity index (χ4v) is 3.71. The molecule has 4 heterocycles. The molecule has 34 heavy (non-hydrogen) atoms. The van der Waals surface area contributed by atoms with Crippen LogP contribution in [0.2, 0.25) is 10.3 Å². The zero-order valence-electron chi connectivity index (χ0n) is 18.1. The molecule has 15 heteroatoms. The molecule has 0 saturated heterocycles. The number of aromatic nitrogens is 7. The minimum atomic E-state index is -1.58. The van der Waals surface area contributed by atoms with Gasteiger partial charge in [0.25, 0.3) is 0 Å². The molecule has 4 rings (SSSR count). The molecule has 0 unspecified atom stereocenters. The van der Waals surface area contributed by atoms with Crippen molar-refractivity contribution in [1.29, 1.82) is 0 Å². The van der Waals surface area contributed by atoms with Gasteiger partial charge in [-0.3, -0.25) is 10.1 Å². The fraction of sp³-hybridized carbons (Fsp3) is 0.316. The van der Waals surface area contributed by atoms with Crippen LogP contribution in [0.3, 0.4) is 0 Å². The minimum Gasteiger partial charge on any atom is -0.479 e. The van der Waals surface area contributed by atoms with Crippen molar-refractivity contribution in [3.05, 3.63) is 50.5 Å².